The number of hydrogen-bond donors (Lipinski definition) is 1. The van der Waals surface area contributed by atoms with Crippen LogP contribution >= 0.6 is 0 Å². The van der Waals surface area contributed by atoms with Gasteiger partial charge in [0.25, 0.3) is 5.69 Å². The van der Waals surface area contributed by atoms with Crippen LogP contribution in [0.25, 0.3) is 0 Å². The molecule has 0 saturated heterocycles. The molecule has 1 aromatic carbocycles. The van der Waals surface area contributed by atoms with E-state index in [-0.39, 0.29) is 18.8 Å². The molecule has 0 aliphatic carbocycles. The Labute approximate surface area is 121 Å². The molecule has 0 bridgehead atoms. The van der Waals surface area contributed by atoms with Crippen LogP contribution in [0.3, 0.4) is 0 Å². The second-order valence-electron chi connectivity index (χ2n) is 4.40. The van der Waals surface area contributed by atoms with E-state index in [0.717, 1.165) is 12.8 Å². The highest BCUT2D eigenvalue weighted by Crippen LogP contribution is 2.24. The van der Waals surface area contributed by atoms with Crippen molar-refractivity contribution in [3.05, 3.63) is 45.6 Å². The van der Waals surface area contributed by atoms with Gasteiger partial charge in [0.2, 0.25) is 11.7 Å². The highest BCUT2D eigenvalue weighted by molar-refractivity contribution is 5.43. The van der Waals surface area contributed by atoms with Gasteiger partial charge < -0.3 is 15.0 Å². The lowest BCUT2D eigenvalue weighted by molar-refractivity contribution is -0.384. The fourth-order valence-electron chi connectivity index (χ4n) is 1.79. The molecule has 1 aromatic heterocycles. The van der Waals surface area contributed by atoms with E-state index in [1.165, 1.54) is 18.2 Å². The van der Waals surface area contributed by atoms with Gasteiger partial charge in [-0.3, -0.25) is 10.1 Å². The molecule has 0 amide bonds. The average molecular weight is 292 g/mol. The molecule has 0 spiro atoms. The molecule has 8 nitrogen and oxygen atoms in total. The third-order valence-electron chi connectivity index (χ3n) is 2.81. The summed E-state index contributed by atoms with van der Waals surface area (Å²) >= 11 is 0. The fourth-order valence-corrected chi connectivity index (χ4v) is 1.79. The number of ether oxygens (including phenoxy) is 1. The predicted octanol–water partition coefficient (Wildman–Crippen LogP) is 1.97. The van der Waals surface area contributed by atoms with Gasteiger partial charge in [0, 0.05) is 30.7 Å². The van der Waals surface area contributed by atoms with E-state index >= 15 is 0 Å². The number of nitrogens with two attached hydrogens (primary N) is 1. The van der Waals surface area contributed by atoms with Crippen LogP contribution in [0.1, 0.15) is 30.6 Å². The van der Waals surface area contributed by atoms with E-state index in [2.05, 4.69) is 10.1 Å². The molecule has 2 aromatic rings. The third-order valence-corrected chi connectivity index (χ3v) is 2.81. The fraction of sp³-hybridized carbons (Fsp3) is 0.385. The lowest BCUT2D eigenvalue weighted by Gasteiger charge is -2.08. The quantitative estimate of drug-likeness (QED) is 0.612. The summed E-state index contributed by atoms with van der Waals surface area (Å²) in [4.78, 5) is 14.4. The zero-order chi connectivity index (χ0) is 15.2. The van der Waals surface area contributed by atoms with Crippen molar-refractivity contribution in [1.82, 2.24) is 10.1 Å². The molecule has 0 fully saturated rings. The van der Waals surface area contributed by atoms with E-state index in [1.807, 2.05) is 6.92 Å². The summed E-state index contributed by atoms with van der Waals surface area (Å²) in [7, 11) is 0. The summed E-state index contributed by atoms with van der Waals surface area (Å²) in [6.45, 7) is 2.28. The number of rotatable bonds is 7. The van der Waals surface area contributed by atoms with Crippen LogP contribution in [0.5, 0.6) is 5.75 Å². The second kappa shape index (κ2) is 6.80. The van der Waals surface area contributed by atoms with Gasteiger partial charge in [0.15, 0.2) is 6.61 Å². The average Bonchev–Trinajstić information content (AvgIpc) is 2.93. The van der Waals surface area contributed by atoms with Gasteiger partial charge in [-0.2, -0.15) is 4.98 Å². The number of aryl methyl sites for hydroxylation is 1. The van der Waals surface area contributed by atoms with Crippen molar-refractivity contribution < 1.29 is 14.2 Å². The first-order chi connectivity index (χ1) is 10.1. The van der Waals surface area contributed by atoms with Crippen LogP contribution in [-0.4, -0.2) is 15.1 Å². The maximum Gasteiger partial charge on any atom is 0.270 e. The van der Waals surface area contributed by atoms with Crippen molar-refractivity contribution in [2.75, 3.05) is 0 Å². The Morgan fingerprint density at radius 3 is 2.95 bits per heavy atom. The Bertz CT molecular complexity index is 626. The molecule has 0 aliphatic rings. The summed E-state index contributed by atoms with van der Waals surface area (Å²) in [6.07, 6.45) is 1.64. The van der Waals surface area contributed by atoms with Crippen molar-refractivity contribution in [3.8, 4) is 5.75 Å². The minimum absolute atomic E-state index is 0.0207. The van der Waals surface area contributed by atoms with Crippen LogP contribution in [0.15, 0.2) is 22.7 Å². The van der Waals surface area contributed by atoms with Crippen molar-refractivity contribution in [1.29, 1.82) is 0 Å². The number of non-ortho nitro benzene ring substituents is 1. The zero-order valence-electron chi connectivity index (χ0n) is 11.6. The minimum Gasteiger partial charge on any atom is -0.485 e. The first-order valence-electron chi connectivity index (χ1n) is 6.55. The molecule has 21 heavy (non-hydrogen) atoms. The standard InChI is InChI=1S/C13H16N4O4/c1-2-3-13-15-12(16-21-13)8-20-11-5-4-10(17(18)19)6-9(11)7-14/h4-6H,2-3,7-8,14H2,1H3. The van der Waals surface area contributed by atoms with Crippen molar-refractivity contribution in [2.45, 2.75) is 32.9 Å². The normalized spacial score (nSPS) is 10.6. The Hall–Kier alpha value is -2.48. The van der Waals surface area contributed by atoms with Gasteiger partial charge in [0.05, 0.1) is 4.92 Å². The van der Waals surface area contributed by atoms with Gasteiger partial charge in [-0.25, -0.2) is 0 Å². The highest BCUT2D eigenvalue weighted by Gasteiger charge is 2.12. The van der Waals surface area contributed by atoms with Crippen LogP contribution in [0, 0.1) is 10.1 Å². The van der Waals surface area contributed by atoms with Crippen LogP contribution in [0.2, 0.25) is 0 Å². The summed E-state index contributed by atoms with van der Waals surface area (Å²) in [6, 6.07) is 4.29. The Morgan fingerprint density at radius 1 is 1.48 bits per heavy atom. The molecule has 8 heteroatoms. The van der Waals surface area contributed by atoms with Gasteiger partial charge in [-0.1, -0.05) is 12.1 Å². The Balaban J connectivity index is 2.06. The molecular formula is C13H16N4O4. The molecule has 0 radical (unpaired) electrons. The maximum absolute atomic E-state index is 10.7. The predicted molar refractivity (Wildman–Crippen MR) is 73.6 cm³/mol. The topological polar surface area (TPSA) is 117 Å². The molecule has 0 saturated carbocycles. The van der Waals surface area contributed by atoms with E-state index in [4.69, 9.17) is 15.0 Å². The molecule has 0 aliphatic heterocycles. The monoisotopic (exact) mass is 292 g/mol. The highest BCUT2D eigenvalue weighted by atomic mass is 16.6. The number of aromatic nitrogens is 2. The first-order valence-corrected chi connectivity index (χ1v) is 6.55. The molecular weight excluding hydrogens is 276 g/mol. The Morgan fingerprint density at radius 2 is 2.29 bits per heavy atom. The molecule has 1 heterocycles. The molecule has 2 rings (SSSR count). The van der Waals surface area contributed by atoms with Gasteiger partial charge in [-0.15, -0.1) is 0 Å². The smallest absolute Gasteiger partial charge is 0.270 e. The third kappa shape index (κ3) is 3.76. The largest absolute Gasteiger partial charge is 0.485 e. The first kappa shape index (κ1) is 14.9. The maximum atomic E-state index is 10.7. The number of hydrogen-bond acceptors (Lipinski definition) is 7. The number of nitro groups is 1. The minimum atomic E-state index is -0.473. The lowest BCUT2D eigenvalue weighted by atomic mass is 10.2. The van der Waals surface area contributed by atoms with E-state index in [0.29, 0.717) is 23.0 Å². The summed E-state index contributed by atoms with van der Waals surface area (Å²) < 4.78 is 10.6. The molecule has 112 valence electrons. The Kier molecular flexibility index (Phi) is 4.83. The lowest BCUT2D eigenvalue weighted by Crippen LogP contribution is -2.04. The van der Waals surface area contributed by atoms with Crippen LogP contribution in [-0.2, 0) is 19.6 Å². The molecule has 0 atom stereocenters. The molecule has 0 unspecified atom stereocenters. The van der Waals surface area contributed by atoms with Crippen molar-refractivity contribution in [2.24, 2.45) is 5.73 Å². The van der Waals surface area contributed by atoms with Gasteiger partial charge in [-0.05, 0) is 12.5 Å². The second-order valence-corrected chi connectivity index (χ2v) is 4.40. The summed E-state index contributed by atoms with van der Waals surface area (Å²) in [5.74, 6) is 1.48. The van der Waals surface area contributed by atoms with Crippen LogP contribution < -0.4 is 10.5 Å². The van der Waals surface area contributed by atoms with Crippen LogP contribution in [0.4, 0.5) is 5.69 Å². The SMILES string of the molecule is CCCc1nc(COc2ccc([N+](=O)[O-])cc2CN)no1. The van der Waals surface area contributed by atoms with Gasteiger partial charge >= 0.3 is 0 Å². The summed E-state index contributed by atoms with van der Waals surface area (Å²) in [5, 5.41) is 14.5. The van der Waals surface area contributed by atoms with E-state index < -0.39 is 4.92 Å². The number of nitrogens with zero attached hydrogens (tertiary/aromatic N) is 3. The van der Waals surface area contributed by atoms with Gasteiger partial charge in [0.1, 0.15) is 5.75 Å². The van der Waals surface area contributed by atoms with E-state index in [1.54, 1.807) is 0 Å². The number of benzene rings is 1. The van der Waals surface area contributed by atoms with Crippen molar-refractivity contribution >= 4 is 5.69 Å². The van der Waals surface area contributed by atoms with Crippen molar-refractivity contribution in [3.63, 3.8) is 0 Å². The molecule has 2 N–H and O–H groups in total. The zero-order valence-corrected chi connectivity index (χ0v) is 11.6. The van der Waals surface area contributed by atoms with E-state index in [9.17, 15) is 10.1 Å². The summed E-state index contributed by atoms with van der Waals surface area (Å²) in [5.41, 5.74) is 6.12. The number of nitro benzene ring substituents is 1.